The summed E-state index contributed by atoms with van der Waals surface area (Å²) in [4.78, 5) is 0. The maximum atomic E-state index is 5.43. The molecular formula is C7H12O. The first-order valence-electron chi connectivity index (χ1n) is 3.49. The Morgan fingerprint density at radius 1 is 1.50 bits per heavy atom. The van der Waals surface area contributed by atoms with Crippen LogP contribution in [-0.4, -0.2) is 12.7 Å². The zero-order valence-corrected chi connectivity index (χ0v) is 5.26. The largest absolute Gasteiger partial charge is 0.378 e. The number of rotatable bonds is 0. The van der Waals surface area contributed by atoms with Gasteiger partial charge in [-0.1, -0.05) is 0 Å². The number of hydrogen-bond donors (Lipinski definition) is 0. The van der Waals surface area contributed by atoms with Crippen LogP contribution in [0.4, 0.5) is 0 Å². The molecule has 1 aliphatic carbocycles. The summed E-state index contributed by atoms with van der Waals surface area (Å²) in [6.07, 6.45) is 3.35. The maximum Gasteiger partial charge on any atom is 0.0577 e. The average molecular weight is 112 g/mol. The molecule has 1 nitrogen and oxygen atoms in total. The van der Waals surface area contributed by atoms with Crippen molar-refractivity contribution in [2.24, 2.45) is 11.8 Å². The van der Waals surface area contributed by atoms with Gasteiger partial charge < -0.3 is 4.74 Å². The number of fused-ring (bicyclic) bond motifs is 1. The molecule has 2 aliphatic rings. The van der Waals surface area contributed by atoms with Crippen molar-refractivity contribution in [2.45, 2.75) is 25.9 Å². The van der Waals surface area contributed by atoms with Crippen LogP contribution in [-0.2, 0) is 4.74 Å². The van der Waals surface area contributed by atoms with Gasteiger partial charge in [0.2, 0.25) is 0 Å². The SMILES string of the molecule is CC1OCCC2CC21. The van der Waals surface area contributed by atoms with E-state index in [0.717, 1.165) is 18.4 Å². The van der Waals surface area contributed by atoms with Gasteiger partial charge in [0, 0.05) is 6.61 Å². The second-order valence-electron chi connectivity index (χ2n) is 3.02. The summed E-state index contributed by atoms with van der Waals surface area (Å²) < 4.78 is 5.43. The van der Waals surface area contributed by atoms with Crippen molar-refractivity contribution in [1.29, 1.82) is 0 Å². The third kappa shape index (κ3) is 0.576. The van der Waals surface area contributed by atoms with E-state index in [2.05, 4.69) is 6.92 Å². The van der Waals surface area contributed by atoms with Crippen molar-refractivity contribution < 1.29 is 4.74 Å². The topological polar surface area (TPSA) is 9.23 Å². The van der Waals surface area contributed by atoms with E-state index in [1.165, 1.54) is 12.8 Å². The Morgan fingerprint density at radius 2 is 2.38 bits per heavy atom. The standard InChI is InChI=1S/C7H12O/c1-5-7-4-6(7)2-3-8-5/h5-7H,2-4H2,1H3. The molecule has 8 heavy (non-hydrogen) atoms. The van der Waals surface area contributed by atoms with Gasteiger partial charge in [0.15, 0.2) is 0 Å². The fraction of sp³-hybridized carbons (Fsp3) is 1.00. The average Bonchev–Trinajstić information content (AvgIpc) is 2.45. The van der Waals surface area contributed by atoms with Gasteiger partial charge in [-0.2, -0.15) is 0 Å². The van der Waals surface area contributed by atoms with E-state index in [4.69, 9.17) is 4.74 Å². The summed E-state index contributed by atoms with van der Waals surface area (Å²) in [6.45, 7) is 3.21. The van der Waals surface area contributed by atoms with Crippen molar-refractivity contribution in [3.05, 3.63) is 0 Å². The van der Waals surface area contributed by atoms with Crippen molar-refractivity contribution in [1.82, 2.24) is 0 Å². The van der Waals surface area contributed by atoms with E-state index >= 15 is 0 Å². The molecule has 1 heteroatoms. The molecule has 0 aromatic carbocycles. The molecule has 2 rings (SSSR count). The van der Waals surface area contributed by atoms with Crippen LogP contribution in [0.2, 0.25) is 0 Å². The quantitative estimate of drug-likeness (QED) is 0.460. The Bertz CT molecular complexity index is 101. The van der Waals surface area contributed by atoms with Crippen LogP contribution in [0, 0.1) is 11.8 Å². The van der Waals surface area contributed by atoms with E-state index in [-0.39, 0.29) is 0 Å². The molecule has 0 aromatic rings. The van der Waals surface area contributed by atoms with Gasteiger partial charge in [-0.15, -0.1) is 0 Å². The lowest BCUT2D eigenvalue weighted by atomic mass is 10.1. The summed E-state index contributed by atoms with van der Waals surface area (Å²) >= 11 is 0. The lowest BCUT2D eigenvalue weighted by molar-refractivity contribution is 0.0195. The molecule has 1 saturated heterocycles. The minimum Gasteiger partial charge on any atom is -0.378 e. The van der Waals surface area contributed by atoms with Crippen molar-refractivity contribution >= 4 is 0 Å². The minimum atomic E-state index is 0.578. The van der Waals surface area contributed by atoms with Crippen LogP contribution in [0.1, 0.15) is 19.8 Å². The monoisotopic (exact) mass is 112 g/mol. The minimum absolute atomic E-state index is 0.578. The molecule has 3 unspecified atom stereocenters. The molecule has 0 aromatic heterocycles. The normalized spacial score (nSPS) is 52.9. The molecule has 0 spiro atoms. The van der Waals surface area contributed by atoms with Gasteiger partial charge in [-0.05, 0) is 31.6 Å². The Morgan fingerprint density at radius 3 is 3.00 bits per heavy atom. The van der Waals surface area contributed by atoms with Crippen molar-refractivity contribution in [2.75, 3.05) is 6.61 Å². The van der Waals surface area contributed by atoms with Gasteiger partial charge in [0.25, 0.3) is 0 Å². The van der Waals surface area contributed by atoms with Crippen molar-refractivity contribution in [3.63, 3.8) is 0 Å². The van der Waals surface area contributed by atoms with Gasteiger partial charge >= 0.3 is 0 Å². The van der Waals surface area contributed by atoms with Crippen molar-refractivity contribution in [3.8, 4) is 0 Å². The fourth-order valence-electron chi connectivity index (χ4n) is 1.71. The van der Waals surface area contributed by atoms with Crippen LogP contribution >= 0.6 is 0 Å². The molecular weight excluding hydrogens is 100 g/mol. The Kier molecular flexibility index (Phi) is 0.884. The van der Waals surface area contributed by atoms with E-state index in [1.807, 2.05) is 0 Å². The molecule has 0 amide bonds. The summed E-state index contributed by atoms with van der Waals surface area (Å²) in [6, 6.07) is 0. The highest BCUT2D eigenvalue weighted by Gasteiger charge is 2.43. The Hall–Kier alpha value is -0.0400. The summed E-state index contributed by atoms with van der Waals surface area (Å²) in [5.74, 6) is 2.00. The second-order valence-corrected chi connectivity index (χ2v) is 3.02. The van der Waals surface area contributed by atoms with Crippen LogP contribution in [0.25, 0.3) is 0 Å². The molecule has 1 aliphatic heterocycles. The third-order valence-corrected chi connectivity index (χ3v) is 2.45. The fourth-order valence-corrected chi connectivity index (χ4v) is 1.71. The number of hydrogen-bond acceptors (Lipinski definition) is 1. The van der Waals surface area contributed by atoms with E-state index in [0.29, 0.717) is 6.10 Å². The van der Waals surface area contributed by atoms with Crippen LogP contribution < -0.4 is 0 Å². The molecule has 2 fully saturated rings. The molecule has 1 saturated carbocycles. The first-order chi connectivity index (χ1) is 3.88. The van der Waals surface area contributed by atoms with Gasteiger partial charge in [0.05, 0.1) is 6.10 Å². The summed E-state index contributed by atoms with van der Waals surface area (Å²) in [5.41, 5.74) is 0. The zero-order valence-electron chi connectivity index (χ0n) is 5.26. The predicted molar refractivity (Wildman–Crippen MR) is 31.6 cm³/mol. The summed E-state index contributed by atoms with van der Waals surface area (Å²) in [7, 11) is 0. The predicted octanol–water partition coefficient (Wildman–Crippen LogP) is 1.43. The van der Waals surface area contributed by atoms with Crippen LogP contribution in [0.5, 0.6) is 0 Å². The number of ether oxygens (including phenoxy) is 1. The zero-order chi connectivity index (χ0) is 5.56. The maximum absolute atomic E-state index is 5.43. The lowest BCUT2D eigenvalue weighted by Crippen LogP contribution is -2.17. The Labute approximate surface area is 50.0 Å². The highest BCUT2D eigenvalue weighted by molar-refractivity contribution is 4.92. The second kappa shape index (κ2) is 1.47. The molecule has 0 radical (unpaired) electrons. The van der Waals surface area contributed by atoms with Gasteiger partial charge in [-0.3, -0.25) is 0 Å². The van der Waals surface area contributed by atoms with Gasteiger partial charge in [0.1, 0.15) is 0 Å². The van der Waals surface area contributed by atoms with E-state index in [1.54, 1.807) is 0 Å². The molecule has 3 atom stereocenters. The first-order valence-corrected chi connectivity index (χ1v) is 3.49. The highest BCUT2D eigenvalue weighted by atomic mass is 16.5. The molecule has 1 heterocycles. The molecule has 0 bridgehead atoms. The van der Waals surface area contributed by atoms with E-state index in [9.17, 15) is 0 Å². The molecule has 46 valence electrons. The Balaban J connectivity index is 1.99. The summed E-state index contributed by atoms with van der Waals surface area (Å²) in [5, 5.41) is 0. The van der Waals surface area contributed by atoms with Gasteiger partial charge in [-0.25, -0.2) is 0 Å². The van der Waals surface area contributed by atoms with Crippen LogP contribution in [0.3, 0.4) is 0 Å². The van der Waals surface area contributed by atoms with Crippen LogP contribution in [0.15, 0.2) is 0 Å². The third-order valence-electron chi connectivity index (χ3n) is 2.45. The lowest BCUT2D eigenvalue weighted by Gasteiger charge is -2.17. The highest BCUT2D eigenvalue weighted by Crippen LogP contribution is 2.47. The smallest absolute Gasteiger partial charge is 0.0577 e. The van der Waals surface area contributed by atoms with E-state index < -0.39 is 0 Å². The molecule has 0 N–H and O–H groups in total. The first kappa shape index (κ1) is 4.80.